The lowest BCUT2D eigenvalue weighted by Crippen LogP contribution is -2.22. The van der Waals surface area contributed by atoms with E-state index in [-0.39, 0.29) is 25.4 Å². The number of aliphatic carboxylic acids is 1. The van der Waals surface area contributed by atoms with Gasteiger partial charge in [0, 0.05) is 11.7 Å². The minimum atomic E-state index is -1.12. The van der Waals surface area contributed by atoms with Crippen LogP contribution in [0.5, 0.6) is 0 Å². The summed E-state index contributed by atoms with van der Waals surface area (Å²) in [6.45, 7) is 0.139. The van der Waals surface area contributed by atoms with Crippen LogP contribution in [0.3, 0.4) is 0 Å². The molecule has 0 rings (SSSR count). The highest BCUT2D eigenvalue weighted by Crippen LogP contribution is 1.93. The van der Waals surface area contributed by atoms with Gasteiger partial charge in [0.1, 0.15) is 0 Å². The highest BCUT2D eigenvalue weighted by atomic mass is 32.1. The highest BCUT2D eigenvalue weighted by molar-refractivity contribution is 7.80. The smallest absolute Gasteiger partial charge is 0.306 e. The molecule has 0 saturated carbocycles. The van der Waals surface area contributed by atoms with Gasteiger partial charge in [-0.1, -0.05) is 0 Å². The summed E-state index contributed by atoms with van der Waals surface area (Å²) in [5.41, 5.74) is 0. The molecule has 0 fully saturated rings. The van der Waals surface area contributed by atoms with E-state index in [1.54, 1.807) is 0 Å². The summed E-state index contributed by atoms with van der Waals surface area (Å²) in [5, 5.41) is 9.91. The van der Waals surface area contributed by atoms with Gasteiger partial charge >= 0.3 is 5.97 Å². The van der Waals surface area contributed by atoms with Gasteiger partial charge in [0.2, 0.25) is 0 Å². The number of ether oxygens (including phenoxy) is 1. The van der Waals surface area contributed by atoms with Crippen LogP contribution in [0.15, 0.2) is 0 Å². The number of carboxylic acids is 1. The molecule has 0 saturated heterocycles. The molecular formula is C7H11O4S-. The topological polar surface area (TPSA) is 66.4 Å². The van der Waals surface area contributed by atoms with Gasteiger partial charge in [0.05, 0.1) is 13.0 Å². The second-order valence-electron chi connectivity index (χ2n) is 2.17. The average molecular weight is 191 g/mol. The molecule has 4 nitrogen and oxygen atoms in total. The summed E-state index contributed by atoms with van der Waals surface area (Å²) < 4.78 is 4.65. The lowest BCUT2D eigenvalue weighted by Gasteiger charge is -2.03. The maximum Gasteiger partial charge on any atom is 0.306 e. The predicted octanol–water partition coefficient (Wildman–Crippen LogP) is -0.620. The Hall–Kier alpha value is -0.710. The summed E-state index contributed by atoms with van der Waals surface area (Å²) in [6.07, 6.45) is 0.489. The molecule has 0 radical (unpaired) electrons. The van der Waals surface area contributed by atoms with E-state index >= 15 is 0 Å². The number of thiol groups is 1. The van der Waals surface area contributed by atoms with Crippen LogP contribution < -0.4 is 5.11 Å². The molecule has 0 spiro atoms. The number of esters is 1. The molecule has 0 amide bonds. The maximum atomic E-state index is 10.7. The van der Waals surface area contributed by atoms with Crippen LogP contribution in [0.1, 0.15) is 19.3 Å². The zero-order chi connectivity index (χ0) is 9.40. The summed E-state index contributed by atoms with van der Waals surface area (Å²) in [7, 11) is 0. The van der Waals surface area contributed by atoms with Crippen LogP contribution in [-0.2, 0) is 14.3 Å². The molecule has 0 heterocycles. The van der Waals surface area contributed by atoms with Crippen LogP contribution in [0.2, 0.25) is 0 Å². The zero-order valence-electron chi connectivity index (χ0n) is 6.62. The van der Waals surface area contributed by atoms with Gasteiger partial charge in [0.25, 0.3) is 0 Å². The van der Waals surface area contributed by atoms with E-state index in [1.165, 1.54) is 0 Å². The molecule has 0 aromatic carbocycles. The normalized spacial score (nSPS) is 9.42. The zero-order valence-corrected chi connectivity index (χ0v) is 7.51. The average Bonchev–Trinajstić information content (AvgIpc) is 1.98. The van der Waals surface area contributed by atoms with Crippen LogP contribution in [0.4, 0.5) is 0 Å². The molecular weight excluding hydrogens is 180 g/mol. The monoisotopic (exact) mass is 191 g/mol. The van der Waals surface area contributed by atoms with Crippen LogP contribution in [0.25, 0.3) is 0 Å². The van der Waals surface area contributed by atoms with Gasteiger partial charge in [-0.05, 0) is 12.8 Å². The fourth-order valence-electron chi connectivity index (χ4n) is 0.566. The number of rotatable bonds is 6. The molecule has 0 atom stereocenters. The Morgan fingerprint density at radius 1 is 1.33 bits per heavy atom. The number of hydrogen-bond acceptors (Lipinski definition) is 5. The first-order valence-corrected chi connectivity index (χ1v) is 4.26. The van der Waals surface area contributed by atoms with Crippen molar-refractivity contribution < 1.29 is 19.4 Å². The fraction of sp³-hybridized carbons (Fsp3) is 0.714. The molecule has 0 aliphatic heterocycles. The van der Waals surface area contributed by atoms with E-state index in [4.69, 9.17) is 0 Å². The summed E-state index contributed by atoms with van der Waals surface area (Å²) in [6, 6.07) is 0. The summed E-state index contributed by atoms with van der Waals surface area (Å²) >= 11 is 3.83. The minimum absolute atomic E-state index is 0.0752. The molecule has 0 aromatic heterocycles. The van der Waals surface area contributed by atoms with E-state index in [0.29, 0.717) is 12.2 Å². The van der Waals surface area contributed by atoms with Crippen molar-refractivity contribution in [2.75, 3.05) is 12.4 Å². The van der Waals surface area contributed by atoms with Gasteiger partial charge in [-0.2, -0.15) is 12.6 Å². The third-order valence-electron chi connectivity index (χ3n) is 1.10. The number of hydrogen-bond donors (Lipinski definition) is 1. The summed E-state index contributed by atoms with van der Waals surface area (Å²) in [4.78, 5) is 20.6. The molecule has 0 aliphatic carbocycles. The van der Waals surface area contributed by atoms with Crippen molar-refractivity contribution >= 4 is 24.6 Å². The Balaban J connectivity index is 3.19. The van der Waals surface area contributed by atoms with Crippen molar-refractivity contribution in [3.63, 3.8) is 0 Å². The van der Waals surface area contributed by atoms with E-state index in [0.717, 1.165) is 0 Å². The Morgan fingerprint density at radius 2 is 2.00 bits per heavy atom. The second kappa shape index (κ2) is 6.97. The van der Waals surface area contributed by atoms with Gasteiger partial charge in [-0.25, -0.2) is 0 Å². The molecule has 0 unspecified atom stereocenters. The third-order valence-corrected chi connectivity index (χ3v) is 1.33. The number of carbonyl (C=O) groups is 2. The van der Waals surface area contributed by atoms with Gasteiger partial charge in [0.15, 0.2) is 0 Å². The SMILES string of the molecule is O=C([O-])CCCOC(=O)CCS. The van der Waals surface area contributed by atoms with Crippen LogP contribution in [-0.4, -0.2) is 24.3 Å². The van der Waals surface area contributed by atoms with Gasteiger partial charge in [-0.15, -0.1) is 0 Å². The quantitative estimate of drug-likeness (QED) is 0.345. The van der Waals surface area contributed by atoms with Crippen LogP contribution in [0, 0.1) is 0 Å². The van der Waals surface area contributed by atoms with Crippen molar-refractivity contribution in [3.05, 3.63) is 0 Å². The van der Waals surface area contributed by atoms with Gasteiger partial charge < -0.3 is 14.6 Å². The van der Waals surface area contributed by atoms with Gasteiger partial charge in [-0.3, -0.25) is 4.79 Å². The Labute approximate surface area is 76.3 Å². The fourth-order valence-corrected chi connectivity index (χ4v) is 0.749. The first-order chi connectivity index (χ1) is 5.66. The van der Waals surface area contributed by atoms with Crippen molar-refractivity contribution in [1.29, 1.82) is 0 Å². The van der Waals surface area contributed by atoms with Crippen molar-refractivity contribution in [1.82, 2.24) is 0 Å². The first kappa shape index (κ1) is 11.3. The molecule has 12 heavy (non-hydrogen) atoms. The Bertz CT molecular complexity index is 157. The molecule has 0 bridgehead atoms. The highest BCUT2D eigenvalue weighted by Gasteiger charge is 1.99. The molecule has 5 heteroatoms. The molecule has 0 N–H and O–H groups in total. The minimum Gasteiger partial charge on any atom is -0.550 e. The lowest BCUT2D eigenvalue weighted by atomic mass is 10.3. The number of carboxylic acid groups (broad SMARTS) is 1. The molecule has 0 aliphatic rings. The first-order valence-electron chi connectivity index (χ1n) is 3.63. The maximum absolute atomic E-state index is 10.7. The van der Waals surface area contributed by atoms with Crippen molar-refractivity contribution in [3.8, 4) is 0 Å². The summed E-state index contributed by atoms with van der Waals surface area (Å²) in [5.74, 6) is -1.03. The van der Waals surface area contributed by atoms with E-state index < -0.39 is 5.97 Å². The molecule has 70 valence electrons. The number of carbonyl (C=O) groups excluding carboxylic acids is 2. The lowest BCUT2D eigenvalue weighted by molar-refractivity contribution is -0.305. The Kier molecular flexibility index (Phi) is 6.55. The van der Waals surface area contributed by atoms with E-state index in [1.807, 2.05) is 0 Å². The Morgan fingerprint density at radius 3 is 2.50 bits per heavy atom. The van der Waals surface area contributed by atoms with Crippen molar-refractivity contribution in [2.24, 2.45) is 0 Å². The van der Waals surface area contributed by atoms with E-state index in [2.05, 4.69) is 17.4 Å². The molecule has 0 aromatic rings. The van der Waals surface area contributed by atoms with Crippen LogP contribution >= 0.6 is 12.6 Å². The largest absolute Gasteiger partial charge is 0.550 e. The van der Waals surface area contributed by atoms with E-state index in [9.17, 15) is 14.7 Å². The third kappa shape index (κ3) is 7.40. The predicted molar refractivity (Wildman–Crippen MR) is 43.7 cm³/mol. The van der Waals surface area contributed by atoms with Crippen molar-refractivity contribution in [2.45, 2.75) is 19.3 Å². The standard InChI is InChI=1S/C7H12O4S/c8-6(9)2-1-4-11-7(10)3-5-12/h12H,1-5H2,(H,8,9)/p-1. The second-order valence-corrected chi connectivity index (χ2v) is 2.62.